The predicted octanol–water partition coefficient (Wildman–Crippen LogP) is 1.25. The van der Waals surface area contributed by atoms with E-state index in [2.05, 4.69) is 5.32 Å². The quantitative estimate of drug-likeness (QED) is 0.818. The lowest BCUT2D eigenvalue weighted by atomic mass is 9.99. The molecule has 1 heterocycles. The number of rotatable bonds is 5. The molecule has 1 N–H and O–H groups in total. The molecule has 0 saturated carbocycles. The maximum Gasteiger partial charge on any atom is 0.350 e. The van der Waals surface area contributed by atoms with E-state index in [9.17, 15) is 17.2 Å². The van der Waals surface area contributed by atoms with Crippen LogP contribution in [0.3, 0.4) is 0 Å². The van der Waals surface area contributed by atoms with Crippen LogP contribution in [-0.2, 0) is 10.0 Å². The lowest BCUT2D eigenvalue weighted by molar-refractivity contribution is 0.200. The van der Waals surface area contributed by atoms with Crippen LogP contribution in [0.2, 0.25) is 0 Å². The van der Waals surface area contributed by atoms with E-state index in [1.807, 2.05) is 0 Å². The van der Waals surface area contributed by atoms with Crippen molar-refractivity contribution >= 4 is 10.0 Å². The van der Waals surface area contributed by atoms with Gasteiger partial charge in [-0.3, -0.25) is 0 Å². The van der Waals surface area contributed by atoms with Crippen molar-refractivity contribution in [1.29, 1.82) is 0 Å². The smallest absolute Gasteiger partial charge is 0.316 e. The van der Waals surface area contributed by atoms with E-state index >= 15 is 0 Å². The molecule has 0 bridgehead atoms. The maximum atomic E-state index is 12.5. The first-order chi connectivity index (χ1) is 7.85. The van der Waals surface area contributed by atoms with Crippen molar-refractivity contribution in [3.63, 3.8) is 0 Å². The van der Waals surface area contributed by atoms with Gasteiger partial charge in [0.15, 0.2) is 0 Å². The zero-order chi connectivity index (χ0) is 13.1. The minimum Gasteiger partial charge on any atom is -0.316 e. The van der Waals surface area contributed by atoms with Crippen molar-refractivity contribution in [3.8, 4) is 0 Å². The molecule has 1 fully saturated rings. The van der Waals surface area contributed by atoms with Crippen LogP contribution in [-0.4, -0.2) is 44.2 Å². The van der Waals surface area contributed by atoms with Gasteiger partial charge in [-0.05, 0) is 45.7 Å². The second-order valence-corrected chi connectivity index (χ2v) is 6.54. The minimum absolute atomic E-state index is 0.125. The van der Waals surface area contributed by atoms with E-state index < -0.39 is 21.8 Å². The number of nitrogens with one attached hydrogen (secondary N) is 1. The normalized spacial score (nSPS) is 22.6. The van der Waals surface area contributed by atoms with Crippen molar-refractivity contribution in [2.45, 2.75) is 38.5 Å². The van der Waals surface area contributed by atoms with Gasteiger partial charge in [0.1, 0.15) is 0 Å². The summed E-state index contributed by atoms with van der Waals surface area (Å²) in [5.74, 6) is -3.21. The summed E-state index contributed by atoms with van der Waals surface area (Å²) in [7, 11) is -4.47. The summed E-state index contributed by atoms with van der Waals surface area (Å²) in [5.41, 5.74) is 0. The molecule has 0 amide bonds. The van der Waals surface area contributed by atoms with E-state index in [1.54, 1.807) is 13.8 Å². The molecule has 102 valence electrons. The molecule has 0 radical (unpaired) electrons. The largest absolute Gasteiger partial charge is 0.350 e. The summed E-state index contributed by atoms with van der Waals surface area (Å²) < 4.78 is 49.0. The van der Waals surface area contributed by atoms with Gasteiger partial charge in [0.05, 0.1) is 0 Å². The van der Waals surface area contributed by atoms with Gasteiger partial charge in [-0.2, -0.15) is 13.1 Å². The van der Waals surface area contributed by atoms with Crippen LogP contribution in [0.5, 0.6) is 0 Å². The number of hydrogen-bond acceptors (Lipinski definition) is 3. The minimum atomic E-state index is -4.47. The first-order valence-corrected chi connectivity index (χ1v) is 7.35. The molecule has 0 aliphatic carbocycles. The highest BCUT2D eigenvalue weighted by Gasteiger charge is 2.35. The summed E-state index contributed by atoms with van der Waals surface area (Å²) in [6.45, 7) is 5.03. The van der Waals surface area contributed by atoms with Crippen molar-refractivity contribution < 1.29 is 17.2 Å². The second-order valence-electron chi connectivity index (χ2n) is 4.68. The number of halogens is 2. The molecule has 4 nitrogen and oxygen atoms in total. The highest BCUT2D eigenvalue weighted by molar-refractivity contribution is 7.89. The Balaban J connectivity index is 2.72. The van der Waals surface area contributed by atoms with Crippen LogP contribution >= 0.6 is 0 Å². The summed E-state index contributed by atoms with van der Waals surface area (Å²) >= 11 is 0. The summed E-state index contributed by atoms with van der Waals surface area (Å²) in [5, 5.41) is 3.15. The Bertz CT molecular complexity index is 327. The molecule has 1 rings (SSSR count). The first kappa shape index (κ1) is 14.8. The number of alkyl halides is 2. The molecule has 1 aliphatic rings. The first-order valence-electron chi connectivity index (χ1n) is 5.85. The lowest BCUT2D eigenvalue weighted by Crippen LogP contribution is -2.46. The van der Waals surface area contributed by atoms with E-state index in [0.717, 1.165) is 23.7 Å². The van der Waals surface area contributed by atoms with E-state index in [4.69, 9.17) is 0 Å². The SMILES string of the molecule is CC(C)N(CC1CCCNC1)S(=O)(=O)C(F)F. The third-order valence-corrected chi connectivity index (χ3v) is 4.64. The fraction of sp³-hybridized carbons (Fsp3) is 1.00. The molecule has 1 atom stereocenters. The molecule has 1 unspecified atom stereocenters. The lowest BCUT2D eigenvalue weighted by Gasteiger charge is -2.31. The van der Waals surface area contributed by atoms with E-state index in [0.29, 0.717) is 6.54 Å². The van der Waals surface area contributed by atoms with Gasteiger partial charge in [0.25, 0.3) is 10.0 Å². The van der Waals surface area contributed by atoms with Crippen molar-refractivity contribution in [2.75, 3.05) is 19.6 Å². The topological polar surface area (TPSA) is 49.4 Å². The summed E-state index contributed by atoms with van der Waals surface area (Å²) in [6.07, 6.45) is 1.85. The Labute approximate surface area is 101 Å². The van der Waals surface area contributed by atoms with Crippen LogP contribution in [0.15, 0.2) is 0 Å². The van der Waals surface area contributed by atoms with Crippen molar-refractivity contribution in [2.24, 2.45) is 5.92 Å². The highest BCUT2D eigenvalue weighted by atomic mass is 32.2. The molecule has 1 saturated heterocycles. The van der Waals surface area contributed by atoms with E-state index in [-0.39, 0.29) is 12.5 Å². The summed E-state index contributed by atoms with van der Waals surface area (Å²) in [6, 6.07) is -0.434. The zero-order valence-corrected chi connectivity index (χ0v) is 11.0. The van der Waals surface area contributed by atoms with Gasteiger partial charge < -0.3 is 5.32 Å². The van der Waals surface area contributed by atoms with Crippen LogP contribution in [0.4, 0.5) is 8.78 Å². The average molecular weight is 270 g/mol. The van der Waals surface area contributed by atoms with E-state index in [1.165, 1.54) is 0 Å². The second kappa shape index (κ2) is 6.06. The molecule has 7 heteroatoms. The molecule has 1 aliphatic heterocycles. The highest BCUT2D eigenvalue weighted by Crippen LogP contribution is 2.20. The van der Waals surface area contributed by atoms with Crippen molar-refractivity contribution in [1.82, 2.24) is 9.62 Å². The fourth-order valence-corrected chi connectivity index (χ4v) is 3.26. The molecule has 0 spiro atoms. The predicted molar refractivity (Wildman–Crippen MR) is 62.4 cm³/mol. The number of sulfonamides is 1. The average Bonchev–Trinajstić information content (AvgIpc) is 2.26. The Morgan fingerprint density at radius 1 is 1.41 bits per heavy atom. The van der Waals surface area contributed by atoms with Gasteiger partial charge in [0.2, 0.25) is 0 Å². The van der Waals surface area contributed by atoms with Crippen LogP contribution in [0.25, 0.3) is 0 Å². The molecule has 0 aromatic carbocycles. The standard InChI is InChI=1S/C10H20F2N2O2S/c1-8(2)14(17(15,16)10(11)12)7-9-4-3-5-13-6-9/h8-10,13H,3-7H2,1-2H3. The van der Waals surface area contributed by atoms with Gasteiger partial charge in [-0.15, -0.1) is 0 Å². The monoisotopic (exact) mass is 270 g/mol. The molecule has 0 aromatic rings. The number of nitrogens with zero attached hydrogens (tertiary/aromatic N) is 1. The Morgan fingerprint density at radius 2 is 2.06 bits per heavy atom. The Morgan fingerprint density at radius 3 is 2.47 bits per heavy atom. The van der Waals surface area contributed by atoms with Gasteiger partial charge >= 0.3 is 5.76 Å². The fourth-order valence-electron chi connectivity index (χ4n) is 2.05. The number of hydrogen-bond donors (Lipinski definition) is 1. The van der Waals surface area contributed by atoms with Crippen LogP contribution in [0.1, 0.15) is 26.7 Å². The van der Waals surface area contributed by atoms with Crippen LogP contribution in [0, 0.1) is 5.92 Å². The van der Waals surface area contributed by atoms with Crippen molar-refractivity contribution in [3.05, 3.63) is 0 Å². The Hall–Kier alpha value is -0.270. The number of piperidine rings is 1. The Kier molecular flexibility index (Phi) is 5.27. The molecular formula is C10H20F2N2O2S. The molecular weight excluding hydrogens is 250 g/mol. The third-order valence-electron chi connectivity index (χ3n) is 2.97. The molecule has 0 aromatic heterocycles. The van der Waals surface area contributed by atoms with Gasteiger partial charge in [-0.1, -0.05) is 0 Å². The third kappa shape index (κ3) is 3.86. The van der Waals surface area contributed by atoms with Crippen LogP contribution < -0.4 is 5.32 Å². The maximum absolute atomic E-state index is 12.5. The summed E-state index contributed by atoms with van der Waals surface area (Å²) in [4.78, 5) is 0. The van der Waals surface area contributed by atoms with Gasteiger partial charge in [0, 0.05) is 12.6 Å². The zero-order valence-electron chi connectivity index (χ0n) is 10.2. The molecule has 17 heavy (non-hydrogen) atoms. The van der Waals surface area contributed by atoms with Gasteiger partial charge in [-0.25, -0.2) is 8.42 Å².